The van der Waals surface area contributed by atoms with E-state index in [9.17, 15) is 9.59 Å². The standard InChI is InChI=1S/C15H18N2O3/c18-14(5-10-7-16-8-10)17-4-3-11-1-2-12(15(19)20)6-13(11)9-17/h1-2,6,10,16H,3-5,7-9H2,(H,19,20). The number of fused-ring (bicyclic) bond motifs is 1. The minimum absolute atomic E-state index is 0.183. The molecule has 20 heavy (non-hydrogen) atoms. The van der Waals surface area contributed by atoms with Crippen molar-refractivity contribution in [2.45, 2.75) is 19.4 Å². The van der Waals surface area contributed by atoms with Crippen molar-refractivity contribution in [1.82, 2.24) is 10.2 Å². The summed E-state index contributed by atoms with van der Waals surface area (Å²) in [5.74, 6) is -0.270. The largest absolute Gasteiger partial charge is 0.478 e. The zero-order chi connectivity index (χ0) is 14.1. The predicted molar refractivity (Wildman–Crippen MR) is 73.5 cm³/mol. The van der Waals surface area contributed by atoms with Crippen molar-refractivity contribution < 1.29 is 14.7 Å². The Kier molecular flexibility index (Phi) is 3.44. The summed E-state index contributed by atoms with van der Waals surface area (Å²) in [7, 11) is 0. The van der Waals surface area contributed by atoms with E-state index in [-0.39, 0.29) is 5.91 Å². The molecule has 5 nitrogen and oxygen atoms in total. The third-order valence-electron chi connectivity index (χ3n) is 4.15. The van der Waals surface area contributed by atoms with Crippen molar-refractivity contribution in [3.63, 3.8) is 0 Å². The van der Waals surface area contributed by atoms with Crippen molar-refractivity contribution in [1.29, 1.82) is 0 Å². The maximum absolute atomic E-state index is 12.2. The van der Waals surface area contributed by atoms with Gasteiger partial charge in [-0.05, 0) is 48.7 Å². The minimum Gasteiger partial charge on any atom is -0.478 e. The molecular weight excluding hydrogens is 256 g/mol. The maximum Gasteiger partial charge on any atom is 0.335 e. The van der Waals surface area contributed by atoms with Crippen LogP contribution in [-0.2, 0) is 17.8 Å². The van der Waals surface area contributed by atoms with E-state index in [2.05, 4.69) is 5.32 Å². The van der Waals surface area contributed by atoms with Gasteiger partial charge in [0.05, 0.1) is 5.56 Å². The van der Waals surface area contributed by atoms with E-state index < -0.39 is 5.97 Å². The average Bonchev–Trinajstić information content (AvgIpc) is 2.41. The third-order valence-corrected chi connectivity index (χ3v) is 4.15. The summed E-state index contributed by atoms with van der Waals surface area (Å²) in [5, 5.41) is 12.2. The van der Waals surface area contributed by atoms with Crippen LogP contribution in [0.1, 0.15) is 27.9 Å². The molecule has 106 valence electrons. The summed E-state index contributed by atoms with van der Waals surface area (Å²) in [5.41, 5.74) is 2.42. The molecule has 0 aliphatic carbocycles. The average molecular weight is 274 g/mol. The van der Waals surface area contributed by atoms with Crippen LogP contribution in [0.5, 0.6) is 0 Å². The van der Waals surface area contributed by atoms with Gasteiger partial charge in [-0.3, -0.25) is 4.79 Å². The summed E-state index contributed by atoms with van der Waals surface area (Å²) in [6, 6.07) is 5.21. The van der Waals surface area contributed by atoms with Gasteiger partial charge in [-0.1, -0.05) is 6.07 Å². The Morgan fingerprint density at radius 2 is 2.10 bits per heavy atom. The van der Waals surface area contributed by atoms with Crippen LogP contribution >= 0.6 is 0 Å². The highest BCUT2D eigenvalue weighted by molar-refractivity contribution is 5.88. The van der Waals surface area contributed by atoms with Crippen molar-refractivity contribution in [3.05, 3.63) is 34.9 Å². The summed E-state index contributed by atoms with van der Waals surface area (Å²) in [6.07, 6.45) is 1.41. The van der Waals surface area contributed by atoms with Gasteiger partial charge in [0.15, 0.2) is 0 Å². The van der Waals surface area contributed by atoms with Crippen LogP contribution in [0.2, 0.25) is 0 Å². The molecular formula is C15H18N2O3. The zero-order valence-electron chi connectivity index (χ0n) is 11.3. The fourth-order valence-electron chi connectivity index (χ4n) is 2.77. The molecule has 1 fully saturated rings. The van der Waals surface area contributed by atoms with Gasteiger partial charge in [0.2, 0.25) is 5.91 Å². The molecule has 0 radical (unpaired) electrons. The van der Waals surface area contributed by atoms with Gasteiger partial charge < -0.3 is 15.3 Å². The van der Waals surface area contributed by atoms with Gasteiger partial charge in [-0.15, -0.1) is 0 Å². The minimum atomic E-state index is -0.920. The number of hydrogen-bond donors (Lipinski definition) is 2. The molecule has 0 unspecified atom stereocenters. The summed E-state index contributed by atoms with van der Waals surface area (Å²) < 4.78 is 0. The number of nitrogens with one attached hydrogen (secondary N) is 1. The van der Waals surface area contributed by atoms with E-state index in [1.807, 2.05) is 11.0 Å². The smallest absolute Gasteiger partial charge is 0.335 e. The van der Waals surface area contributed by atoms with E-state index >= 15 is 0 Å². The number of benzene rings is 1. The Balaban J connectivity index is 1.71. The van der Waals surface area contributed by atoms with Crippen molar-refractivity contribution >= 4 is 11.9 Å². The van der Waals surface area contributed by atoms with Crippen molar-refractivity contribution in [3.8, 4) is 0 Å². The van der Waals surface area contributed by atoms with Gasteiger partial charge in [-0.2, -0.15) is 0 Å². The highest BCUT2D eigenvalue weighted by atomic mass is 16.4. The first-order valence-electron chi connectivity index (χ1n) is 6.97. The number of hydrogen-bond acceptors (Lipinski definition) is 3. The number of carboxylic acid groups (broad SMARTS) is 1. The SMILES string of the molecule is O=C(O)c1ccc2c(c1)CN(C(=O)CC1CNC1)CC2. The second-order valence-electron chi connectivity index (χ2n) is 5.58. The normalized spacial score (nSPS) is 18.3. The molecule has 0 aromatic heterocycles. The number of aromatic carboxylic acids is 1. The van der Waals surface area contributed by atoms with E-state index in [0.717, 1.165) is 37.2 Å². The Labute approximate surface area is 117 Å². The van der Waals surface area contributed by atoms with Gasteiger partial charge in [0.1, 0.15) is 0 Å². The Morgan fingerprint density at radius 3 is 2.75 bits per heavy atom. The second-order valence-corrected chi connectivity index (χ2v) is 5.58. The van der Waals surface area contributed by atoms with Crippen LogP contribution in [-0.4, -0.2) is 41.5 Å². The van der Waals surface area contributed by atoms with Crippen molar-refractivity contribution in [2.24, 2.45) is 5.92 Å². The van der Waals surface area contributed by atoms with Crippen LogP contribution in [0.25, 0.3) is 0 Å². The lowest BCUT2D eigenvalue weighted by Gasteiger charge is -2.32. The lowest BCUT2D eigenvalue weighted by Crippen LogP contribution is -2.46. The topological polar surface area (TPSA) is 69.6 Å². The number of nitrogens with zero attached hydrogens (tertiary/aromatic N) is 1. The molecule has 1 aromatic rings. The molecule has 0 spiro atoms. The van der Waals surface area contributed by atoms with Gasteiger partial charge in [-0.25, -0.2) is 4.79 Å². The van der Waals surface area contributed by atoms with E-state index in [4.69, 9.17) is 5.11 Å². The molecule has 1 amide bonds. The van der Waals surface area contributed by atoms with Crippen molar-refractivity contribution in [2.75, 3.05) is 19.6 Å². The molecule has 2 aliphatic heterocycles. The number of carbonyl (C=O) groups is 2. The second kappa shape index (κ2) is 5.25. The Morgan fingerprint density at radius 1 is 1.30 bits per heavy atom. The Bertz CT molecular complexity index is 552. The lowest BCUT2D eigenvalue weighted by molar-refractivity contribution is -0.133. The first-order chi connectivity index (χ1) is 9.63. The van der Waals surface area contributed by atoms with Gasteiger partial charge >= 0.3 is 5.97 Å². The van der Waals surface area contributed by atoms with Crippen LogP contribution < -0.4 is 5.32 Å². The highest BCUT2D eigenvalue weighted by Gasteiger charge is 2.26. The van der Waals surface area contributed by atoms with Gasteiger partial charge in [0, 0.05) is 19.5 Å². The molecule has 3 rings (SSSR count). The molecule has 2 aliphatic rings. The quantitative estimate of drug-likeness (QED) is 0.858. The fraction of sp³-hybridized carbons (Fsp3) is 0.467. The zero-order valence-corrected chi connectivity index (χ0v) is 11.3. The predicted octanol–water partition coefficient (Wildman–Crippen LogP) is 0.879. The first-order valence-corrected chi connectivity index (χ1v) is 6.97. The van der Waals surface area contributed by atoms with E-state index in [1.54, 1.807) is 12.1 Å². The summed E-state index contributed by atoms with van der Waals surface area (Å²) in [6.45, 7) is 3.13. The first kappa shape index (κ1) is 13.1. The Hall–Kier alpha value is -1.88. The molecule has 2 N–H and O–H groups in total. The van der Waals surface area contributed by atoms with E-state index in [1.165, 1.54) is 0 Å². The molecule has 1 saturated heterocycles. The van der Waals surface area contributed by atoms with Crippen LogP contribution in [0.3, 0.4) is 0 Å². The number of carbonyl (C=O) groups excluding carboxylic acids is 1. The maximum atomic E-state index is 12.2. The molecule has 5 heteroatoms. The molecule has 0 saturated carbocycles. The fourth-order valence-corrected chi connectivity index (χ4v) is 2.77. The number of carboxylic acids is 1. The number of rotatable bonds is 3. The van der Waals surface area contributed by atoms with Crippen LogP contribution in [0, 0.1) is 5.92 Å². The van der Waals surface area contributed by atoms with Crippen LogP contribution in [0.4, 0.5) is 0 Å². The summed E-state index contributed by atoms with van der Waals surface area (Å²) >= 11 is 0. The van der Waals surface area contributed by atoms with Crippen LogP contribution in [0.15, 0.2) is 18.2 Å². The van der Waals surface area contributed by atoms with Gasteiger partial charge in [0.25, 0.3) is 0 Å². The molecule has 1 aromatic carbocycles. The third kappa shape index (κ3) is 2.54. The van der Waals surface area contributed by atoms with E-state index in [0.29, 0.717) is 24.4 Å². The lowest BCUT2D eigenvalue weighted by atomic mass is 9.95. The molecule has 2 heterocycles. The molecule has 0 bridgehead atoms. The number of amides is 1. The molecule has 0 atom stereocenters. The highest BCUT2D eigenvalue weighted by Crippen LogP contribution is 2.22. The monoisotopic (exact) mass is 274 g/mol. The summed E-state index contributed by atoms with van der Waals surface area (Å²) in [4.78, 5) is 25.1.